The number of hydrogen-bond acceptors (Lipinski definition) is 4. The fraction of sp³-hybridized carbons (Fsp3) is 0.318. The Morgan fingerprint density at radius 3 is 2.32 bits per heavy atom. The summed E-state index contributed by atoms with van der Waals surface area (Å²) in [4.78, 5) is 13.3. The number of ketones is 1. The smallest absolute Gasteiger partial charge is 0.233 e. The quantitative estimate of drug-likeness (QED) is 0.824. The molecule has 1 atom stereocenters. The van der Waals surface area contributed by atoms with E-state index in [1.165, 1.54) is 10.6 Å². The number of allylic oxidation sites excluding steroid dienone is 1. The first kappa shape index (κ1) is 18.7. The maximum atomic E-state index is 13.3. The van der Waals surface area contributed by atoms with E-state index in [1.807, 2.05) is 48.5 Å². The van der Waals surface area contributed by atoms with Crippen LogP contribution < -0.4 is 9.62 Å². The minimum atomic E-state index is -3.66. The van der Waals surface area contributed by atoms with Crippen molar-refractivity contribution in [2.45, 2.75) is 32.7 Å². The highest BCUT2D eigenvalue weighted by Crippen LogP contribution is 2.48. The molecule has 0 bridgehead atoms. The molecule has 0 spiro atoms. The van der Waals surface area contributed by atoms with Gasteiger partial charge in [0.15, 0.2) is 5.78 Å². The zero-order chi connectivity index (χ0) is 20.1. The molecule has 2 aromatic rings. The van der Waals surface area contributed by atoms with Crippen molar-refractivity contribution in [3.8, 4) is 0 Å². The Kier molecular flexibility index (Phi) is 4.34. The van der Waals surface area contributed by atoms with Gasteiger partial charge in [-0.2, -0.15) is 0 Å². The molecule has 28 heavy (non-hydrogen) atoms. The summed E-state index contributed by atoms with van der Waals surface area (Å²) in [6, 6.07) is 16.0. The van der Waals surface area contributed by atoms with Gasteiger partial charge in [-0.1, -0.05) is 56.3 Å². The number of fused-ring (bicyclic) bond motifs is 1. The Hall–Kier alpha value is -2.60. The first-order valence-electron chi connectivity index (χ1n) is 9.34. The number of nitrogens with one attached hydrogen (secondary N) is 1. The van der Waals surface area contributed by atoms with Gasteiger partial charge in [0.2, 0.25) is 10.0 Å². The second-order valence-electron chi connectivity index (χ2n) is 8.35. The zero-order valence-electron chi connectivity index (χ0n) is 16.3. The van der Waals surface area contributed by atoms with E-state index in [9.17, 15) is 13.2 Å². The molecule has 1 N–H and O–H groups in total. The molecule has 2 aliphatic rings. The van der Waals surface area contributed by atoms with Crippen LogP contribution in [0.3, 0.4) is 0 Å². The normalized spacial score (nSPS) is 21.5. The van der Waals surface area contributed by atoms with Crippen LogP contribution in [0.15, 0.2) is 65.9 Å². The van der Waals surface area contributed by atoms with Crippen molar-refractivity contribution in [1.82, 2.24) is 0 Å². The standard InChI is InChI=1S/C22H24N2O3S/c1-22(2)13-17-20(19(25)14-22)21(15-9-5-4-6-10-15)24(28(3,26)27)18-12-8-7-11-16(18)23-17/h4-12,21,23H,13-14H2,1-3H3/t21-/m0/s1. The Morgan fingerprint density at radius 2 is 1.64 bits per heavy atom. The van der Waals surface area contributed by atoms with Crippen LogP contribution >= 0.6 is 0 Å². The van der Waals surface area contributed by atoms with Crippen LogP contribution in [-0.4, -0.2) is 20.5 Å². The van der Waals surface area contributed by atoms with E-state index in [2.05, 4.69) is 19.2 Å². The molecule has 0 fully saturated rings. The highest BCUT2D eigenvalue weighted by Gasteiger charge is 2.43. The van der Waals surface area contributed by atoms with Gasteiger partial charge < -0.3 is 5.32 Å². The van der Waals surface area contributed by atoms with Crippen molar-refractivity contribution in [2.24, 2.45) is 5.41 Å². The maximum absolute atomic E-state index is 13.3. The lowest BCUT2D eigenvalue weighted by Crippen LogP contribution is -2.39. The Labute approximate surface area is 166 Å². The first-order chi connectivity index (χ1) is 13.2. The molecule has 6 heteroatoms. The molecule has 0 saturated heterocycles. The van der Waals surface area contributed by atoms with Gasteiger partial charge in [0.05, 0.1) is 17.6 Å². The molecule has 0 unspecified atom stereocenters. The first-order valence-corrected chi connectivity index (χ1v) is 11.2. The third-order valence-electron chi connectivity index (χ3n) is 5.33. The number of sulfonamides is 1. The molecule has 5 nitrogen and oxygen atoms in total. The molecule has 1 aliphatic carbocycles. The van der Waals surface area contributed by atoms with E-state index in [1.54, 1.807) is 6.07 Å². The van der Waals surface area contributed by atoms with Crippen LogP contribution in [0, 0.1) is 5.41 Å². The average Bonchev–Trinajstić information content (AvgIpc) is 2.75. The summed E-state index contributed by atoms with van der Waals surface area (Å²) in [6.45, 7) is 4.14. The van der Waals surface area contributed by atoms with Gasteiger partial charge in [-0.3, -0.25) is 9.10 Å². The van der Waals surface area contributed by atoms with E-state index in [4.69, 9.17) is 0 Å². The van der Waals surface area contributed by atoms with Gasteiger partial charge in [0.25, 0.3) is 0 Å². The molecule has 0 radical (unpaired) electrons. The van der Waals surface area contributed by atoms with Gasteiger partial charge in [-0.05, 0) is 29.5 Å². The van der Waals surface area contributed by atoms with Crippen LogP contribution in [0.5, 0.6) is 0 Å². The average molecular weight is 397 g/mol. The van der Waals surface area contributed by atoms with Crippen molar-refractivity contribution in [1.29, 1.82) is 0 Å². The van der Waals surface area contributed by atoms with Gasteiger partial charge in [-0.15, -0.1) is 0 Å². The van der Waals surface area contributed by atoms with Gasteiger partial charge in [0, 0.05) is 17.7 Å². The maximum Gasteiger partial charge on any atom is 0.233 e. The molecule has 0 amide bonds. The topological polar surface area (TPSA) is 66.5 Å². The predicted octanol–water partition coefficient (Wildman–Crippen LogP) is 4.26. The molecule has 146 valence electrons. The second-order valence-corrected chi connectivity index (χ2v) is 10.2. The van der Waals surface area contributed by atoms with E-state index in [-0.39, 0.29) is 11.2 Å². The molecule has 1 heterocycles. The largest absolute Gasteiger partial charge is 0.357 e. The number of nitrogens with zero attached hydrogens (tertiary/aromatic N) is 1. The summed E-state index contributed by atoms with van der Waals surface area (Å²) in [5, 5.41) is 3.40. The van der Waals surface area contributed by atoms with Crippen molar-refractivity contribution in [3.63, 3.8) is 0 Å². The van der Waals surface area contributed by atoms with Crippen LogP contribution in [0.2, 0.25) is 0 Å². The van der Waals surface area contributed by atoms with Crippen LogP contribution in [0.1, 0.15) is 38.3 Å². The fourth-order valence-electron chi connectivity index (χ4n) is 4.26. The Bertz CT molecular complexity index is 1070. The number of anilines is 2. The Balaban J connectivity index is 2.05. The number of Topliss-reactive ketones (excluding diaryl/α,β-unsaturated/α-hetero) is 1. The summed E-state index contributed by atoms with van der Waals surface area (Å²) in [6.07, 6.45) is 2.27. The van der Waals surface area contributed by atoms with Crippen LogP contribution in [0.4, 0.5) is 11.4 Å². The van der Waals surface area contributed by atoms with Crippen LogP contribution in [0.25, 0.3) is 0 Å². The lowest BCUT2D eigenvalue weighted by Gasteiger charge is -2.36. The second kappa shape index (κ2) is 6.48. The van der Waals surface area contributed by atoms with Crippen LogP contribution in [-0.2, 0) is 14.8 Å². The zero-order valence-corrected chi connectivity index (χ0v) is 17.1. The Morgan fingerprint density at radius 1 is 1.00 bits per heavy atom. The van der Waals surface area contributed by atoms with Gasteiger partial charge in [-0.25, -0.2) is 8.42 Å². The number of hydrogen-bond donors (Lipinski definition) is 1. The monoisotopic (exact) mass is 396 g/mol. The van der Waals surface area contributed by atoms with E-state index < -0.39 is 16.1 Å². The van der Waals surface area contributed by atoms with Gasteiger partial charge in [0.1, 0.15) is 6.04 Å². The molecular formula is C22H24N2O3S. The molecule has 0 saturated carbocycles. The summed E-state index contributed by atoms with van der Waals surface area (Å²) in [5.74, 6) is -0.00550. The third-order valence-corrected chi connectivity index (χ3v) is 6.45. The van der Waals surface area contributed by atoms with Crippen molar-refractivity contribution >= 4 is 27.2 Å². The summed E-state index contributed by atoms with van der Waals surface area (Å²) in [7, 11) is -3.66. The minimum Gasteiger partial charge on any atom is -0.357 e. The molecule has 0 aromatic heterocycles. The third kappa shape index (κ3) is 3.22. The predicted molar refractivity (Wildman–Crippen MR) is 112 cm³/mol. The molecule has 2 aromatic carbocycles. The number of benzene rings is 2. The number of carbonyl (C=O) groups is 1. The molecule has 1 aliphatic heterocycles. The number of carbonyl (C=O) groups excluding carboxylic acids is 1. The van der Waals surface area contributed by atoms with Crippen molar-refractivity contribution in [2.75, 3.05) is 15.9 Å². The van der Waals surface area contributed by atoms with E-state index in [0.717, 1.165) is 11.3 Å². The van der Waals surface area contributed by atoms with E-state index in [0.29, 0.717) is 29.8 Å². The summed E-state index contributed by atoms with van der Waals surface area (Å²) < 4.78 is 27.3. The summed E-state index contributed by atoms with van der Waals surface area (Å²) >= 11 is 0. The molecular weight excluding hydrogens is 372 g/mol. The number of rotatable bonds is 2. The molecule has 4 rings (SSSR count). The number of para-hydroxylation sites is 2. The summed E-state index contributed by atoms with van der Waals surface area (Å²) in [5.41, 5.74) is 3.22. The van der Waals surface area contributed by atoms with Crippen molar-refractivity contribution < 1.29 is 13.2 Å². The highest BCUT2D eigenvalue weighted by atomic mass is 32.2. The SMILES string of the molecule is CC1(C)CC(=O)C2=C(C1)Nc1ccccc1N(S(C)(=O)=O)[C@H]2c1ccccc1. The van der Waals surface area contributed by atoms with Crippen molar-refractivity contribution in [3.05, 3.63) is 71.4 Å². The van der Waals surface area contributed by atoms with Gasteiger partial charge >= 0.3 is 0 Å². The minimum absolute atomic E-state index is 0.00550. The van der Waals surface area contributed by atoms with E-state index >= 15 is 0 Å². The highest BCUT2D eigenvalue weighted by molar-refractivity contribution is 7.92. The lowest BCUT2D eigenvalue weighted by atomic mass is 9.73. The lowest BCUT2D eigenvalue weighted by molar-refractivity contribution is -0.118. The fourth-order valence-corrected chi connectivity index (χ4v) is 5.39.